The molecule has 2 aromatic carbocycles. The molecule has 0 spiro atoms. The number of para-hydroxylation sites is 1. The Hall–Kier alpha value is -2.48. The van der Waals surface area contributed by atoms with Crippen LogP contribution in [0.4, 0.5) is 0 Å². The second-order valence-electron chi connectivity index (χ2n) is 8.20. The summed E-state index contributed by atoms with van der Waals surface area (Å²) in [5.41, 5.74) is 2.65. The highest BCUT2D eigenvalue weighted by Crippen LogP contribution is 2.35. The van der Waals surface area contributed by atoms with Crippen LogP contribution >= 0.6 is 0 Å². The number of nitrogens with one attached hydrogen (secondary N) is 1. The largest absolute Gasteiger partial charge is 0.497 e. The number of hydrogen-bond donors (Lipinski definition) is 1. The van der Waals surface area contributed by atoms with Gasteiger partial charge >= 0.3 is 0 Å². The van der Waals surface area contributed by atoms with Crippen LogP contribution in [0.5, 0.6) is 5.75 Å². The van der Waals surface area contributed by atoms with Gasteiger partial charge in [0.2, 0.25) is 10.0 Å². The fraction of sp³-hybridized carbons (Fsp3) is 0.375. The lowest BCUT2D eigenvalue weighted by molar-refractivity contribution is 0.123. The number of sulfonamides is 1. The lowest BCUT2D eigenvalue weighted by Crippen LogP contribution is -2.42. The minimum Gasteiger partial charge on any atom is -0.497 e. The standard InChI is InChI=1S/C24H29N3O3S/c1-27-15-5-9-20(24(27)19-10-12-22(30-2)13-11-19)16-26-31(28,29)17-21-7-3-6-18-8-4-14-25-23(18)21/h3-4,6-8,10-14,20,24,26H,5,9,15-17H2,1-2H3. The van der Waals surface area contributed by atoms with E-state index >= 15 is 0 Å². The van der Waals surface area contributed by atoms with Crippen molar-refractivity contribution in [3.05, 3.63) is 71.9 Å². The summed E-state index contributed by atoms with van der Waals surface area (Å²) in [5, 5.41) is 0.948. The molecule has 3 aromatic rings. The van der Waals surface area contributed by atoms with E-state index in [9.17, 15) is 8.42 Å². The predicted octanol–water partition coefficient (Wildman–Crippen LogP) is 3.75. The topological polar surface area (TPSA) is 71.5 Å². The maximum Gasteiger partial charge on any atom is 0.215 e. The highest BCUT2D eigenvalue weighted by atomic mass is 32.2. The number of ether oxygens (including phenoxy) is 1. The third-order valence-electron chi connectivity index (χ3n) is 6.09. The summed E-state index contributed by atoms with van der Waals surface area (Å²) in [4.78, 5) is 6.70. The van der Waals surface area contributed by atoms with E-state index < -0.39 is 10.0 Å². The van der Waals surface area contributed by atoms with Gasteiger partial charge in [-0.05, 0) is 61.7 Å². The molecule has 2 atom stereocenters. The average molecular weight is 440 g/mol. The number of fused-ring (bicyclic) bond motifs is 1. The number of hydrogen-bond acceptors (Lipinski definition) is 5. The van der Waals surface area contributed by atoms with E-state index in [-0.39, 0.29) is 17.7 Å². The molecule has 6 nitrogen and oxygen atoms in total. The highest BCUT2D eigenvalue weighted by molar-refractivity contribution is 7.88. The van der Waals surface area contributed by atoms with Gasteiger partial charge in [0.05, 0.1) is 18.4 Å². The van der Waals surface area contributed by atoms with Gasteiger partial charge in [-0.15, -0.1) is 0 Å². The Morgan fingerprint density at radius 1 is 1.13 bits per heavy atom. The number of rotatable bonds is 7. The summed E-state index contributed by atoms with van der Waals surface area (Å²) >= 11 is 0. The van der Waals surface area contributed by atoms with E-state index in [1.54, 1.807) is 13.3 Å². The maximum absolute atomic E-state index is 12.9. The zero-order chi connectivity index (χ0) is 21.8. The summed E-state index contributed by atoms with van der Waals surface area (Å²) < 4.78 is 34.0. The highest BCUT2D eigenvalue weighted by Gasteiger charge is 2.31. The smallest absolute Gasteiger partial charge is 0.215 e. The van der Waals surface area contributed by atoms with Crippen LogP contribution in [0.1, 0.15) is 30.0 Å². The number of benzene rings is 2. The van der Waals surface area contributed by atoms with Crippen LogP contribution in [0.25, 0.3) is 10.9 Å². The number of nitrogens with zero attached hydrogens (tertiary/aromatic N) is 2. The fourth-order valence-electron chi connectivity index (χ4n) is 4.57. The van der Waals surface area contributed by atoms with Crippen molar-refractivity contribution in [3.8, 4) is 5.75 Å². The van der Waals surface area contributed by atoms with Gasteiger partial charge in [-0.25, -0.2) is 13.1 Å². The molecule has 1 saturated heterocycles. The lowest BCUT2D eigenvalue weighted by atomic mass is 9.85. The van der Waals surface area contributed by atoms with E-state index in [2.05, 4.69) is 33.8 Å². The van der Waals surface area contributed by atoms with E-state index in [0.29, 0.717) is 6.54 Å². The Bertz CT molecular complexity index is 1130. The molecule has 0 radical (unpaired) electrons. The molecular weight excluding hydrogens is 410 g/mol. The number of methoxy groups -OCH3 is 1. The van der Waals surface area contributed by atoms with Crippen molar-refractivity contribution in [2.24, 2.45) is 5.92 Å². The van der Waals surface area contributed by atoms with E-state index in [0.717, 1.165) is 41.6 Å². The van der Waals surface area contributed by atoms with Crippen molar-refractivity contribution in [2.45, 2.75) is 24.6 Å². The number of piperidine rings is 1. The van der Waals surface area contributed by atoms with Gasteiger partial charge in [-0.2, -0.15) is 0 Å². The molecule has 0 amide bonds. The first-order valence-electron chi connectivity index (χ1n) is 10.6. The molecule has 164 valence electrons. The summed E-state index contributed by atoms with van der Waals surface area (Å²) in [5.74, 6) is 0.952. The summed E-state index contributed by atoms with van der Waals surface area (Å²) in [6.45, 7) is 1.42. The molecule has 0 bridgehead atoms. The van der Waals surface area contributed by atoms with Crippen molar-refractivity contribution in [3.63, 3.8) is 0 Å². The molecule has 2 unspecified atom stereocenters. The molecule has 1 N–H and O–H groups in total. The minimum atomic E-state index is -3.49. The predicted molar refractivity (Wildman–Crippen MR) is 123 cm³/mol. The third-order valence-corrected chi connectivity index (χ3v) is 7.39. The van der Waals surface area contributed by atoms with Gasteiger partial charge in [0.15, 0.2) is 0 Å². The van der Waals surface area contributed by atoms with Crippen LogP contribution in [-0.2, 0) is 15.8 Å². The average Bonchev–Trinajstić information content (AvgIpc) is 2.78. The molecule has 1 aromatic heterocycles. The molecule has 7 heteroatoms. The van der Waals surface area contributed by atoms with Gasteiger partial charge in [-0.1, -0.05) is 36.4 Å². The third kappa shape index (κ3) is 5.06. The Kier molecular flexibility index (Phi) is 6.55. The molecule has 31 heavy (non-hydrogen) atoms. The molecule has 2 heterocycles. The Morgan fingerprint density at radius 2 is 1.90 bits per heavy atom. The number of pyridine rings is 1. The maximum atomic E-state index is 12.9. The fourth-order valence-corrected chi connectivity index (χ4v) is 5.79. The van der Waals surface area contributed by atoms with Crippen LogP contribution in [0.3, 0.4) is 0 Å². The zero-order valence-corrected chi connectivity index (χ0v) is 18.8. The number of aromatic nitrogens is 1. The van der Waals surface area contributed by atoms with Crippen LogP contribution < -0.4 is 9.46 Å². The van der Waals surface area contributed by atoms with Gasteiger partial charge < -0.3 is 4.74 Å². The van der Waals surface area contributed by atoms with Gasteiger partial charge in [0, 0.05) is 24.2 Å². The molecule has 1 fully saturated rings. The van der Waals surface area contributed by atoms with Crippen LogP contribution in [0.2, 0.25) is 0 Å². The van der Waals surface area contributed by atoms with E-state index in [4.69, 9.17) is 4.74 Å². The van der Waals surface area contributed by atoms with Gasteiger partial charge in [-0.3, -0.25) is 9.88 Å². The Morgan fingerprint density at radius 3 is 2.68 bits per heavy atom. The minimum absolute atomic E-state index is 0.0723. The van der Waals surface area contributed by atoms with Crippen LogP contribution in [0.15, 0.2) is 60.8 Å². The first-order chi connectivity index (χ1) is 15.0. The van der Waals surface area contributed by atoms with Gasteiger partial charge in [0.25, 0.3) is 0 Å². The lowest BCUT2D eigenvalue weighted by Gasteiger charge is -2.39. The SMILES string of the molecule is COc1ccc(C2C(CNS(=O)(=O)Cc3cccc4cccnc34)CCCN2C)cc1. The molecule has 1 aliphatic heterocycles. The quantitative estimate of drug-likeness (QED) is 0.607. The molecule has 0 aliphatic carbocycles. The summed E-state index contributed by atoms with van der Waals surface area (Å²) in [7, 11) is 0.278. The molecular formula is C24H29N3O3S. The van der Waals surface area contributed by atoms with E-state index in [1.165, 1.54) is 5.56 Å². The van der Waals surface area contributed by atoms with Crippen molar-refractivity contribution >= 4 is 20.9 Å². The zero-order valence-electron chi connectivity index (χ0n) is 18.0. The van der Waals surface area contributed by atoms with Crippen LogP contribution in [0, 0.1) is 5.92 Å². The molecule has 1 aliphatic rings. The second kappa shape index (κ2) is 9.34. The first kappa shape index (κ1) is 21.7. The van der Waals surface area contributed by atoms with Crippen molar-refractivity contribution < 1.29 is 13.2 Å². The van der Waals surface area contributed by atoms with Crippen molar-refractivity contribution in [1.29, 1.82) is 0 Å². The monoisotopic (exact) mass is 439 g/mol. The molecule has 0 saturated carbocycles. The van der Waals surface area contributed by atoms with Crippen molar-refractivity contribution in [1.82, 2.24) is 14.6 Å². The summed E-state index contributed by atoms with van der Waals surface area (Å²) in [6, 6.07) is 17.7. The van der Waals surface area contributed by atoms with E-state index in [1.807, 2.05) is 42.5 Å². The van der Waals surface area contributed by atoms with Crippen molar-refractivity contribution in [2.75, 3.05) is 27.2 Å². The van der Waals surface area contributed by atoms with Gasteiger partial charge in [0.1, 0.15) is 5.75 Å². The molecule has 4 rings (SSSR count). The Balaban J connectivity index is 1.49. The number of likely N-dealkylation sites (tertiary alicyclic amines) is 1. The second-order valence-corrected chi connectivity index (χ2v) is 10.0. The Labute approximate surface area is 184 Å². The first-order valence-corrected chi connectivity index (χ1v) is 12.3. The summed E-state index contributed by atoms with van der Waals surface area (Å²) in [6.07, 6.45) is 3.74. The van der Waals surface area contributed by atoms with Crippen LogP contribution in [-0.4, -0.2) is 45.5 Å². The normalized spacial score (nSPS) is 20.1.